The molecule has 0 aromatic carbocycles. The van der Waals surface area contributed by atoms with Gasteiger partial charge in [0.15, 0.2) is 0 Å². The van der Waals surface area contributed by atoms with Crippen LogP contribution in [0.15, 0.2) is 0 Å². The summed E-state index contributed by atoms with van der Waals surface area (Å²) >= 11 is 0. The zero-order valence-corrected chi connectivity index (χ0v) is 13.5. The third-order valence-electron chi connectivity index (χ3n) is 3.82. The van der Waals surface area contributed by atoms with Gasteiger partial charge in [0.1, 0.15) is 12.5 Å². The number of carbonyl (C=O) groups excluding carboxylic acids is 2. The molecular formula is C14H26O4Si. The van der Waals surface area contributed by atoms with Crippen LogP contribution in [-0.4, -0.2) is 32.7 Å². The molecule has 19 heavy (non-hydrogen) atoms. The van der Waals surface area contributed by atoms with Crippen LogP contribution in [0, 0.1) is 5.92 Å². The number of hydrogen-bond acceptors (Lipinski definition) is 4. The highest BCUT2D eigenvalue weighted by Crippen LogP contribution is 2.35. The second kappa shape index (κ2) is 7.08. The Morgan fingerprint density at radius 3 is 2.58 bits per heavy atom. The van der Waals surface area contributed by atoms with Gasteiger partial charge >= 0.3 is 11.9 Å². The Morgan fingerprint density at radius 2 is 2.00 bits per heavy atom. The van der Waals surface area contributed by atoms with E-state index in [9.17, 15) is 9.59 Å². The lowest BCUT2D eigenvalue weighted by atomic mass is 9.99. The van der Waals surface area contributed by atoms with Crippen molar-refractivity contribution in [3.8, 4) is 0 Å². The molecule has 0 amide bonds. The minimum absolute atomic E-state index is 0.0889. The molecule has 0 bridgehead atoms. The molecule has 0 saturated carbocycles. The summed E-state index contributed by atoms with van der Waals surface area (Å²) in [6.45, 7) is 8.76. The Kier molecular flexibility index (Phi) is 6.04. The summed E-state index contributed by atoms with van der Waals surface area (Å²) in [4.78, 5) is 22.8. The maximum atomic E-state index is 11.6. The Labute approximate surface area is 116 Å². The van der Waals surface area contributed by atoms with Crippen LogP contribution in [0.4, 0.5) is 0 Å². The molecule has 1 heterocycles. The van der Waals surface area contributed by atoms with Gasteiger partial charge in [0.2, 0.25) is 0 Å². The van der Waals surface area contributed by atoms with Crippen LogP contribution >= 0.6 is 0 Å². The molecule has 110 valence electrons. The third kappa shape index (κ3) is 5.76. The number of hydrogen-bond donors (Lipinski definition) is 0. The van der Waals surface area contributed by atoms with Gasteiger partial charge in [-0.05, 0) is 26.2 Å². The molecule has 1 rings (SSSR count). The summed E-state index contributed by atoms with van der Waals surface area (Å²) in [6, 6.07) is 2.58. The molecule has 0 spiro atoms. The first-order valence-electron chi connectivity index (χ1n) is 7.19. The highest BCUT2D eigenvalue weighted by atomic mass is 28.3. The van der Waals surface area contributed by atoms with Crippen molar-refractivity contribution in [3.05, 3.63) is 0 Å². The van der Waals surface area contributed by atoms with E-state index in [0.29, 0.717) is 12.5 Å². The molecular weight excluding hydrogens is 260 g/mol. The van der Waals surface area contributed by atoms with E-state index in [0.717, 1.165) is 6.42 Å². The highest BCUT2D eigenvalue weighted by molar-refractivity contribution is 6.77. The van der Waals surface area contributed by atoms with E-state index in [1.165, 1.54) is 18.5 Å². The lowest BCUT2D eigenvalue weighted by Crippen LogP contribution is -2.37. The van der Waals surface area contributed by atoms with Crippen molar-refractivity contribution < 1.29 is 19.1 Å². The largest absolute Gasteiger partial charge is 0.466 e. The molecule has 0 N–H and O–H groups in total. The van der Waals surface area contributed by atoms with Crippen molar-refractivity contribution >= 4 is 20.0 Å². The van der Waals surface area contributed by atoms with Crippen molar-refractivity contribution in [3.63, 3.8) is 0 Å². The lowest BCUT2D eigenvalue weighted by molar-refractivity contribution is -0.158. The topological polar surface area (TPSA) is 52.6 Å². The minimum Gasteiger partial charge on any atom is -0.466 e. The normalized spacial score (nSPS) is 23.5. The Morgan fingerprint density at radius 1 is 1.32 bits per heavy atom. The fourth-order valence-corrected chi connectivity index (χ4v) is 6.15. The van der Waals surface area contributed by atoms with E-state index in [1.54, 1.807) is 6.92 Å². The highest BCUT2D eigenvalue weighted by Gasteiger charge is 2.33. The zero-order valence-electron chi connectivity index (χ0n) is 12.5. The van der Waals surface area contributed by atoms with Gasteiger partial charge in [0.05, 0.1) is 6.61 Å². The molecule has 2 atom stereocenters. The lowest BCUT2D eigenvalue weighted by Gasteiger charge is -2.36. The van der Waals surface area contributed by atoms with Crippen LogP contribution in [0.3, 0.4) is 0 Å². The Bertz CT molecular complexity index is 327. The molecule has 1 fully saturated rings. The molecule has 5 heteroatoms. The van der Waals surface area contributed by atoms with E-state index in [4.69, 9.17) is 9.47 Å². The molecule has 1 saturated heterocycles. The molecule has 0 aliphatic carbocycles. The molecule has 0 aromatic heterocycles. The molecule has 2 unspecified atom stereocenters. The summed E-state index contributed by atoms with van der Waals surface area (Å²) in [5, 5.41) is 0. The van der Waals surface area contributed by atoms with Crippen molar-refractivity contribution in [2.24, 2.45) is 5.92 Å². The van der Waals surface area contributed by atoms with Gasteiger partial charge in [-0.3, -0.25) is 9.59 Å². The van der Waals surface area contributed by atoms with Gasteiger partial charge in [0.25, 0.3) is 0 Å². The van der Waals surface area contributed by atoms with Gasteiger partial charge < -0.3 is 9.47 Å². The maximum Gasteiger partial charge on any atom is 0.317 e. The number of carbonyl (C=O) groups is 2. The van der Waals surface area contributed by atoms with Crippen LogP contribution in [0.1, 0.15) is 33.1 Å². The fourth-order valence-electron chi connectivity index (χ4n) is 2.83. The van der Waals surface area contributed by atoms with Gasteiger partial charge in [0, 0.05) is 8.07 Å². The molecule has 0 radical (unpaired) electrons. The van der Waals surface area contributed by atoms with Crippen molar-refractivity contribution in [1.82, 2.24) is 0 Å². The van der Waals surface area contributed by atoms with Crippen molar-refractivity contribution in [2.45, 2.75) is 64.4 Å². The van der Waals surface area contributed by atoms with Crippen LogP contribution < -0.4 is 0 Å². The van der Waals surface area contributed by atoms with Crippen LogP contribution in [0.5, 0.6) is 0 Å². The van der Waals surface area contributed by atoms with Crippen LogP contribution in [-0.2, 0) is 19.1 Å². The average molecular weight is 286 g/mol. The minimum atomic E-state index is -1.09. The second-order valence-electron chi connectivity index (χ2n) is 6.20. The molecule has 1 aliphatic rings. The monoisotopic (exact) mass is 286 g/mol. The Balaban J connectivity index is 2.39. The first kappa shape index (κ1) is 16.2. The first-order chi connectivity index (χ1) is 8.84. The maximum absolute atomic E-state index is 11.6. The summed E-state index contributed by atoms with van der Waals surface area (Å²) in [5.41, 5.74) is 0. The molecule has 4 nitrogen and oxygen atoms in total. The van der Waals surface area contributed by atoms with Crippen LogP contribution in [0.2, 0.25) is 25.2 Å². The smallest absolute Gasteiger partial charge is 0.317 e. The first-order valence-corrected chi connectivity index (χ1v) is 10.6. The molecule has 1 aliphatic heterocycles. The van der Waals surface area contributed by atoms with Gasteiger partial charge in [-0.2, -0.15) is 0 Å². The van der Waals surface area contributed by atoms with Crippen molar-refractivity contribution in [1.29, 1.82) is 0 Å². The zero-order chi connectivity index (χ0) is 14.5. The summed E-state index contributed by atoms with van der Waals surface area (Å²) < 4.78 is 10.1. The van der Waals surface area contributed by atoms with Gasteiger partial charge in [-0.1, -0.05) is 31.6 Å². The second-order valence-corrected chi connectivity index (χ2v) is 11.4. The van der Waals surface area contributed by atoms with Gasteiger partial charge in [-0.15, -0.1) is 0 Å². The quantitative estimate of drug-likeness (QED) is 0.443. The summed E-state index contributed by atoms with van der Waals surface area (Å²) in [5.74, 6) is -0.504. The summed E-state index contributed by atoms with van der Waals surface area (Å²) in [7, 11) is -1.09. The Hall–Kier alpha value is -0.843. The predicted octanol–water partition coefficient (Wildman–Crippen LogP) is 2.99. The van der Waals surface area contributed by atoms with E-state index in [1.807, 2.05) is 6.92 Å². The number of rotatable bonds is 5. The number of ether oxygens (including phenoxy) is 2. The van der Waals surface area contributed by atoms with Crippen LogP contribution in [0.25, 0.3) is 0 Å². The molecule has 0 aromatic rings. The van der Waals surface area contributed by atoms with E-state index < -0.39 is 20.0 Å². The third-order valence-corrected chi connectivity index (χ3v) is 7.16. The SMILES string of the molecule is CCOC(=O)CC(=O)OC(C)C1CCC[Si](C)(C)C1. The van der Waals surface area contributed by atoms with E-state index in [2.05, 4.69) is 13.1 Å². The fraction of sp³-hybridized carbons (Fsp3) is 0.857. The van der Waals surface area contributed by atoms with Gasteiger partial charge in [-0.25, -0.2) is 0 Å². The van der Waals surface area contributed by atoms with E-state index >= 15 is 0 Å². The van der Waals surface area contributed by atoms with Crippen molar-refractivity contribution in [2.75, 3.05) is 6.61 Å². The summed E-state index contributed by atoms with van der Waals surface area (Å²) in [6.07, 6.45) is 2.01. The average Bonchev–Trinajstić information content (AvgIpc) is 2.27. The predicted molar refractivity (Wildman–Crippen MR) is 76.6 cm³/mol. The standard InChI is InChI=1S/C14H26O4Si/c1-5-17-13(15)9-14(16)18-11(2)12-7-6-8-19(3,4)10-12/h11-12H,5-10H2,1-4H3. The number of esters is 2. The van der Waals surface area contributed by atoms with E-state index in [-0.39, 0.29) is 12.5 Å².